The fourth-order valence-corrected chi connectivity index (χ4v) is 1.38. The number of carbonyl (C=O) groups is 2. The molecule has 0 saturated heterocycles. The number of benzene rings is 1. The number of esters is 1. The van der Waals surface area contributed by atoms with Crippen molar-refractivity contribution in [2.75, 3.05) is 6.61 Å². The second-order valence-corrected chi connectivity index (χ2v) is 5.08. The van der Waals surface area contributed by atoms with Crippen LogP contribution in [0.25, 0.3) is 0 Å². The van der Waals surface area contributed by atoms with Gasteiger partial charge >= 0.3 is 5.97 Å². The van der Waals surface area contributed by atoms with Crippen LogP contribution in [0.3, 0.4) is 0 Å². The summed E-state index contributed by atoms with van der Waals surface area (Å²) in [5.41, 5.74) is 5.03. The van der Waals surface area contributed by atoms with Crippen LogP contribution in [-0.2, 0) is 9.53 Å². The van der Waals surface area contributed by atoms with Crippen LogP contribution in [0.5, 0.6) is 5.75 Å². The Kier molecular flexibility index (Phi) is 4.92. The van der Waals surface area contributed by atoms with E-state index in [2.05, 4.69) is 0 Å². The molecule has 0 aliphatic heterocycles. The van der Waals surface area contributed by atoms with Gasteiger partial charge in [-0.1, -0.05) is 6.07 Å². The summed E-state index contributed by atoms with van der Waals surface area (Å²) in [4.78, 5) is 22.4. The Balaban J connectivity index is 2.43. The first-order valence-electron chi connectivity index (χ1n) is 6.02. The van der Waals surface area contributed by atoms with E-state index in [0.29, 0.717) is 11.3 Å². The number of nitrogens with two attached hydrogens (primary N) is 1. The summed E-state index contributed by atoms with van der Waals surface area (Å²) in [6, 6.07) is 6.50. The smallest absolute Gasteiger partial charge is 0.309 e. The van der Waals surface area contributed by atoms with E-state index in [1.807, 2.05) is 20.8 Å². The Bertz CT molecular complexity index is 463. The highest BCUT2D eigenvalue weighted by atomic mass is 16.6. The Hall–Kier alpha value is -2.04. The summed E-state index contributed by atoms with van der Waals surface area (Å²) in [6.45, 7) is 5.61. The minimum absolute atomic E-state index is 0.151. The van der Waals surface area contributed by atoms with Crippen molar-refractivity contribution in [2.45, 2.75) is 32.8 Å². The van der Waals surface area contributed by atoms with Crippen molar-refractivity contribution in [2.24, 2.45) is 5.73 Å². The molecule has 2 N–H and O–H groups in total. The van der Waals surface area contributed by atoms with Gasteiger partial charge in [0.2, 0.25) is 5.91 Å². The zero-order valence-corrected chi connectivity index (χ0v) is 11.4. The van der Waals surface area contributed by atoms with Gasteiger partial charge in [-0.05, 0) is 39.0 Å². The highest BCUT2D eigenvalue weighted by Crippen LogP contribution is 2.14. The van der Waals surface area contributed by atoms with Gasteiger partial charge in [0.15, 0.2) is 0 Å². The lowest BCUT2D eigenvalue weighted by molar-refractivity contribution is -0.155. The molecule has 1 amide bonds. The average Bonchev–Trinajstić information content (AvgIpc) is 2.27. The molecular formula is C14H19NO4. The van der Waals surface area contributed by atoms with E-state index in [9.17, 15) is 9.59 Å². The fourth-order valence-electron chi connectivity index (χ4n) is 1.38. The van der Waals surface area contributed by atoms with E-state index < -0.39 is 11.5 Å². The lowest BCUT2D eigenvalue weighted by atomic mass is 10.2. The van der Waals surface area contributed by atoms with Gasteiger partial charge < -0.3 is 15.2 Å². The SMILES string of the molecule is CC(C)(C)OC(=O)CCOc1cccc(C(N)=O)c1. The molecule has 1 aromatic rings. The first kappa shape index (κ1) is 15.0. The highest BCUT2D eigenvalue weighted by molar-refractivity contribution is 5.93. The number of primary amides is 1. The monoisotopic (exact) mass is 265 g/mol. The van der Waals surface area contributed by atoms with Gasteiger partial charge in [-0.2, -0.15) is 0 Å². The molecule has 0 aliphatic rings. The van der Waals surface area contributed by atoms with Crippen molar-refractivity contribution in [1.82, 2.24) is 0 Å². The molecule has 1 aromatic carbocycles. The van der Waals surface area contributed by atoms with Gasteiger partial charge in [0.1, 0.15) is 11.4 Å². The Morgan fingerprint density at radius 1 is 1.26 bits per heavy atom. The predicted octanol–water partition coefficient (Wildman–Crippen LogP) is 1.90. The zero-order chi connectivity index (χ0) is 14.5. The minimum atomic E-state index is -0.516. The first-order valence-corrected chi connectivity index (χ1v) is 6.02. The normalized spacial score (nSPS) is 10.9. The van der Waals surface area contributed by atoms with E-state index in [0.717, 1.165) is 0 Å². The summed E-state index contributed by atoms with van der Waals surface area (Å²) in [6.07, 6.45) is 0.151. The zero-order valence-electron chi connectivity index (χ0n) is 11.4. The molecule has 0 saturated carbocycles. The second kappa shape index (κ2) is 6.22. The quantitative estimate of drug-likeness (QED) is 0.825. The molecule has 0 heterocycles. The standard InChI is InChI=1S/C14H19NO4/c1-14(2,3)19-12(16)7-8-18-11-6-4-5-10(9-11)13(15)17/h4-6,9H,7-8H2,1-3H3,(H2,15,17). The van der Waals surface area contributed by atoms with Crippen molar-refractivity contribution < 1.29 is 19.1 Å². The molecule has 0 aromatic heterocycles. The van der Waals surface area contributed by atoms with Crippen molar-refractivity contribution in [3.05, 3.63) is 29.8 Å². The van der Waals surface area contributed by atoms with Crippen molar-refractivity contribution in [3.63, 3.8) is 0 Å². The largest absolute Gasteiger partial charge is 0.493 e. The molecule has 1 rings (SSSR count). The number of hydrogen-bond acceptors (Lipinski definition) is 4. The van der Waals surface area contributed by atoms with Gasteiger partial charge in [0.05, 0.1) is 13.0 Å². The molecule has 0 fully saturated rings. The highest BCUT2D eigenvalue weighted by Gasteiger charge is 2.15. The van der Waals surface area contributed by atoms with E-state index in [1.165, 1.54) is 6.07 Å². The molecule has 5 heteroatoms. The van der Waals surface area contributed by atoms with Crippen LogP contribution in [-0.4, -0.2) is 24.1 Å². The van der Waals surface area contributed by atoms with Crippen molar-refractivity contribution in [3.8, 4) is 5.75 Å². The molecule has 5 nitrogen and oxygen atoms in total. The van der Waals surface area contributed by atoms with Crippen molar-refractivity contribution in [1.29, 1.82) is 0 Å². The molecular weight excluding hydrogens is 246 g/mol. The van der Waals surface area contributed by atoms with Gasteiger partial charge in [-0.3, -0.25) is 9.59 Å². The van der Waals surface area contributed by atoms with Gasteiger partial charge in [-0.15, -0.1) is 0 Å². The molecule has 0 atom stereocenters. The maximum Gasteiger partial charge on any atom is 0.309 e. The number of carbonyl (C=O) groups excluding carboxylic acids is 2. The molecule has 0 unspecified atom stereocenters. The number of amides is 1. The van der Waals surface area contributed by atoms with E-state index in [-0.39, 0.29) is 19.0 Å². The first-order chi connectivity index (χ1) is 8.78. The predicted molar refractivity (Wildman–Crippen MR) is 70.9 cm³/mol. The Morgan fingerprint density at radius 2 is 1.95 bits per heavy atom. The lowest BCUT2D eigenvalue weighted by Gasteiger charge is -2.19. The maximum atomic E-state index is 11.4. The summed E-state index contributed by atoms with van der Waals surface area (Å²) in [5.74, 6) is -0.337. The van der Waals surface area contributed by atoms with Gasteiger partial charge in [0, 0.05) is 5.56 Å². The third-order valence-electron chi connectivity index (χ3n) is 2.11. The molecule has 0 aliphatic carbocycles. The molecule has 19 heavy (non-hydrogen) atoms. The number of rotatable bonds is 5. The topological polar surface area (TPSA) is 78.6 Å². The van der Waals surface area contributed by atoms with Crippen LogP contribution < -0.4 is 10.5 Å². The summed E-state index contributed by atoms with van der Waals surface area (Å²) < 4.78 is 10.5. The van der Waals surface area contributed by atoms with Crippen LogP contribution in [0.2, 0.25) is 0 Å². The summed E-state index contributed by atoms with van der Waals surface area (Å²) in [7, 11) is 0. The van der Waals surface area contributed by atoms with Crippen molar-refractivity contribution >= 4 is 11.9 Å². The van der Waals surface area contributed by atoms with Crippen LogP contribution in [0, 0.1) is 0 Å². The maximum absolute atomic E-state index is 11.4. The molecule has 0 bridgehead atoms. The fraction of sp³-hybridized carbons (Fsp3) is 0.429. The third-order valence-corrected chi connectivity index (χ3v) is 2.11. The third kappa shape index (κ3) is 5.90. The lowest BCUT2D eigenvalue weighted by Crippen LogP contribution is -2.24. The van der Waals surface area contributed by atoms with Crippen LogP contribution >= 0.6 is 0 Å². The number of ether oxygens (including phenoxy) is 2. The van der Waals surface area contributed by atoms with Crippen LogP contribution in [0.15, 0.2) is 24.3 Å². The van der Waals surface area contributed by atoms with E-state index >= 15 is 0 Å². The molecule has 0 spiro atoms. The van der Waals surface area contributed by atoms with Crippen LogP contribution in [0.1, 0.15) is 37.6 Å². The van der Waals surface area contributed by atoms with Gasteiger partial charge in [-0.25, -0.2) is 0 Å². The minimum Gasteiger partial charge on any atom is -0.493 e. The van der Waals surface area contributed by atoms with Gasteiger partial charge in [0.25, 0.3) is 0 Å². The number of hydrogen-bond donors (Lipinski definition) is 1. The Labute approximate surface area is 112 Å². The Morgan fingerprint density at radius 3 is 2.53 bits per heavy atom. The summed E-state index contributed by atoms with van der Waals surface area (Å²) >= 11 is 0. The van der Waals surface area contributed by atoms with E-state index in [1.54, 1.807) is 18.2 Å². The molecule has 0 radical (unpaired) electrons. The summed E-state index contributed by atoms with van der Waals surface area (Å²) in [5, 5.41) is 0. The second-order valence-electron chi connectivity index (χ2n) is 5.08. The average molecular weight is 265 g/mol. The molecule has 104 valence electrons. The van der Waals surface area contributed by atoms with Crippen LogP contribution in [0.4, 0.5) is 0 Å². The van der Waals surface area contributed by atoms with E-state index in [4.69, 9.17) is 15.2 Å².